The van der Waals surface area contributed by atoms with Gasteiger partial charge in [-0.2, -0.15) is 0 Å². The summed E-state index contributed by atoms with van der Waals surface area (Å²) in [5.41, 5.74) is 10.3. The van der Waals surface area contributed by atoms with Gasteiger partial charge >= 0.3 is 7.12 Å². The maximum atomic E-state index is 6.47. The van der Waals surface area contributed by atoms with E-state index in [-0.39, 0.29) is 5.41 Å². The SMILES string of the molecule is CC1(C)c2ccccc2-c2cc3c4ccccc4n(-c4ccc5oc6cncc(B7OC(C)(C)C(C)(C)O7)c6c5c4)c3cc21. The van der Waals surface area contributed by atoms with Crippen LogP contribution in [0, 0.1) is 0 Å². The Bertz CT molecular complexity index is 2330. The molecule has 0 atom stereocenters. The third kappa shape index (κ3) is 3.30. The lowest BCUT2D eigenvalue weighted by molar-refractivity contribution is 0.00578. The maximum Gasteiger partial charge on any atom is 0.497 e. The van der Waals surface area contributed by atoms with Gasteiger partial charge in [-0.15, -0.1) is 0 Å². The molecule has 0 unspecified atom stereocenters. The zero-order valence-corrected chi connectivity index (χ0v) is 25.9. The molecule has 4 heterocycles. The highest BCUT2D eigenvalue weighted by Crippen LogP contribution is 2.51. The lowest BCUT2D eigenvalue weighted by atomic mass is 9.77. The van der Waals surface area contributed by atoms with Gasteiger partial charge in [0.25, 0.3) is 0 Å². The highest BCUT2D eigenvalue weighted by molar-refractivity contribution is 6.65. The molecule has 7 aromatic rings. The van der Waals surface area contributed by atoms with Crippen LogP contribution in [0.3, 0.4) is 0 Å². The Balaban J connectivity index is 1.30. The van der Waals surface area contributed by atoms with Crippen LogP contribution in [0.25, 0.3) is 60.6 Å². The number of pyridine rings is 1. The topological polar surface area (TPSA) is 49.4 Å². The fourth-order valence-electron chi connectivity index (χ4n) is 7.47. The van der Waals surface area contributed by atoms with Gasteiger partial charge in [0.15, 0.2) is 5.58 Å². The molecular weight excluding hydrogens is 543 g/mol. The third-order valence-corrected chi connectivity index (χ3v) is 10.5. The molecular formula is C38H33BN2O3. The molecule has 0 N–H and O–H groups in total. The van der Waals surface area contributed by atoms with E-state index in [1.54, 1.807) is 6.20 Å². The van der Waals surface area contributed by atoms with Crippen LogP contribution in [0.4, 0.5) is 0 Å². The van der Waals surface area contributed by atoms with Gasteiger partial charge in [-0.25, -0.2) is 0 Å². The first-order valence-electron chi connectivity index (χ1n) is 15.4. The molecule has 3 aromatic heterocycles. The normalized spacial score (nSPS) is 18.1. The van der Waals surface area contributed by atoms with Crippen LogP contribution in [0.2, 0.25) is 0 Å². The van der Waals surface area contributed by atoms with E-state index in [0.29, 0.717) is 0 Å². The summed E-state index contributed by atoms with van der Waals surface area (Å²) in [4.78, 5) is 4.51. The first-order chi connectivity index (χ1) is 21.0. The van der Waals surface area contributed by atoms with Gasteiger partial charge in [-0.1, -0.05) is 56.3 Å². The number of nitrogens with zero attached hydrogens (tertiary/aromatic N) is 2. The first kappa shape index (κ1) is 26.1. The molecule has 0 amide bonds. The number of benzene rings is 4. The smallest absolute Gasteiger partial charge is 0.454 e. The summed E-state index contributed by atoms with van der Waals surface area (Å²) < 4.78 is 21.7. The van der Waals surface area contributed by atoms with Gasteiger partial charge in [0.1, 0.15) is 5.58 Å². The molecule has 0 radical (unpaired) electrons. The second-order valence-electron chi connectivity index (χ2n) is 13.9. The van der Waals surface area contributed by atoms with Crippen molar-refractivity contribution < 1.29 is 13.7 Å². The molecule has 2 aliphatic rings. The van der Waals surface area contributed by atoms with Crippen molar-refractivity contribution in [2.45, 2.75) is 58.2 Å². The standard InChI is InChI=1S/C38H33BN2O3/c1-36(2)28-13-9-7-11-23(28)25-18-26-24-12-8-10-14-31(24)41(32(26)19-29(25)36)22-15-16-33-27(17-22)35-30(20-40-21-34(35)42-33)39-43-37(3,4)38(5,6)44-39/h7-21H,1-6H3. The van der Waals surface area contributed by atoms with Gasteiger partial charge in [0.05, 0.1) is 28.4 Å². The molecule has 0 bridgehead atoms. The van der Waals surface area contributed by atoms with Gasteiger partial charge < -0.3 is 18.3 Å². The molecule has 1 fully saturated rings. The summed E-state index contributed by atoms with van der Waals surface area (Å²) in [5, 5.41) is 4.50. The van der Waals surface area contributed by atoms with E-state index in [9.17, 15) is 0 Å². The zero-order valence-electron chi connectivity index (χ0n) is 25.9. The Kier molecular flexibility index (Phi) is 4.98. The second kappa shape index (κ2) is 8.41. The number of furan rings is 1. The van der Waals surface area contributed by atoms with E-state index in [1.807, 2.05) is 6.20 Å². The predicted molar refractivity (Wildman–Crippen MR) is 179 cm³/mol. The maximum absolute atomic E-state index is 6.47. The highest BCUT2D eigenvalue weighted by atomic mass is 16.7. The largest absolute Gasteiger partial charge is 0.497 e. The van der Waals surface area contributed by atoms with Crippen molar-refractivity contribution in [3.05, 3.63) is 102 Å². The van der Waals surface area contributed by atoms with E-state index in [4.69, 9.17) is 13.7 Å². The molecule has 4 aromatic carbocycles. The Morgan fingerprint density at radius 1 is 0.636 bits per heavy atom. The third-order valence-electron chi connectivity index (χ3n) is 10.5. The average Bonchev–Trinajstić information content (AvgIpc) is 3.67. The number of hydrogen-bond donors (Lipinski definition) is 0. The van der Waals surface area contributed by atoms with Crippen molar-refractivity contribution in [1.29, 1.82) is 0 Å². The van der Waals surface area contributed by atoms with Crippen LogP contribution in [-0.4, -0.2) is 27.9 Å². The minimum Gasteiger partial charge on any atom is -0.454 e. The Labute approximate surface area is 256 Å². The second-order valence-corrected chi connectivity index (χ2v) is 13.9. The lowest BCUT2D eigenvalue weighted by Crippen LogP contribution is -2.41. The van der Waals surface area contributed by atoms with Gasteiger partial charge in [-0.05, 0) is 86.3 Å². The van der Waals surface area contributed by atoms with Crippen LogP contribution in [0.1, 0.15) is 52.7 Å². The number of rotatable bonds is 2. The molecule has 1 aliphatic carbocycles. The molecule has 216 valence electrons. The molecule has 0 saturated carbocycles. The number of fused-ring (bicyclic) bond motifs is 9. The van der Waals surface area contributed by atoms with E-state index >= 15 is 0 Å². The van der Waals surface area contributed by atoms with E-state index in [1.165, 1.54) is 44.1 Å². The van der Waals surface area contributed by atoms with Crippen LogP contribution in [0.5, 0.6) is 0 Å². The summed E-state index contributed by atoms with van der Waals surface area (Å²) in [6.07, 6.45) is 3.64. The van der Waals surface area contributed by atoms with Gasteiger partial charge in [0, 0.05) is 44.3 Å². The molecule has 44 heavy (non-hydrogen) atoms. The van der Waals surface area contributed by atoms with Crippen LogP contribution >= 0.6 is 0 Å². The summed E-state index contributed by atoms with van der Waals surface area (Å²) >= 11 is 0. The minimum atomic E-state index is -0.541. The Morgan fingerprint density at radius 2 is 1.39 bits per heavy atom. The quantitative estimate of drug-likeness (QED) is 0.193. The zero-order chi connectivity index (χ0) is 30.2. The fraction of sp³-hybridized carbons (Fsp3) is 0.237. The van der Waals surface area contributed by atoms with E-state index < -0.39 is 18.3 Å². The summed E-state index contributed by atoms with van der Waals surface area (Å²) in [5.74, 6) is 0. The lowest BCUT2D eigenvalue weighted by Gasteiger charge is -2.32. The Hall–Kier alpha value is -4.39. The average molecular weight is 577 g/mol. The molecule has 9 rings (SSSR count). The van der Waals surface area contributed by atoms with Crippen LogP contribution in [-0.2, 0) is 14.7 Å². The van der Waals surface area contributed by atoms with Crippen molar-refractivity contribution in [3.8, 4) is 16.8 Å². The van der Waals surface area contributed by atoms with E-state index in [0.717, 1.165) is 33.1 Å². The Morgan fingerprint density at radius 3 is 2.20 bits per heavy atom. The van der Waals surface area contributed by atoms with Gasteiger partial charge in [-0.3, -0.25) is 4.98 Å². The molecule has 6 heteroatoms. The summed E-state index contributed by atoms with van der Waals surface area (Å²) in [7, 11) is -0.541. The number of hydrogen-bond acceptors (Lipinski definition) is 4. The van der Waals surface area contributed by atoms with Crippen LogP contribution in [0.15, 0.2) is 95.7 Å². The van der Waals surface area contributed by atoms with Crippen molar-refractivity contribution in [2.24, 2.45) is 0 Å². The summed E-state index contributed by atoms with van der Waals surface area (Å²) in [6.45, 7) is 13.0. The highest BCUT2D eigenvalue weighted by Gasteiger charge is 2.52. The van der Waals surface area contributed by atoms with Crippen molar-refractivity contribution in [3.63, 3.8) is 0 Å². The van der Waals surface area contributed by atoms with Crippen LogP contribution < -0.4 is 5.46 Å². The van der Waals surface area contributed by atoms with E-state index in [2.05, 4.69) is 130 Å². The van der Waals surface area contributed by atoms with Gasteiger partial charge in [0.2, 0.25) is 0 Å². The number of aromatic nitrogens is 2. The molecule has 5 nitrogen and oxygen atoms in total. The molecule has 1 saturated heterocycles. The predicted octanol–water partition coefficient (Wildman–Crippen LogP) is 8.68. The fourth-order valence-corrected chi connectivity index (χ4v) is 7.47. The first-order valence-corrected chi connectivity index (χ1v) is 15.4. The molecule has 0 spiro atoms. The molecule has 1 aliphatic heterocycles. The summed E-state index contributed by atoms with van der Waals surface area (Å²) in [6, 6.07) is 28.9. The minimum absolute atomic E-state index is 0.0865. The number of para-hydroxylation sites is 1. The van der Waals surface area contributed by atoms with Crippen molar-refractivity contribution in [2.75, 3.05) is 0 Å². The van der Waals surface area contributed by atoms with Crippen molar-refractivity contribution in [1.82, 2.24) is 9.55 Å². The monoisotopic (exact) mass is 576 g/mol. The van der Waals surface area contributed by atoms with Crippen molar-refractivity contribution >= 4 is 56.3 Å².